The zero-order valence-corrected chi connectivity index (χ0v) is 10.4. The summed E-state index contributed by atoms with van der Waals surface area (Å²) in [7, 11) is 0. The largest absolute Gasteiger partial charge is 0.393 e. The second-order valence-corrected chi connectivity index (χ2v) is 5.32. The molecule has 3 nitrogen and oxygen atoms in total. The van der Waals surface area contributed by atoms with E-state index in [1.807, 2.05) is 4.90 Å². The number of halogens is 1. The van der Waals surface area contributed by atoms with Crippen LogP contribution >= 0.6 is 15.9 Å². The average Bonchev–Trinajstić information content (AvgIpc) is 2.22. The Morgan fingerprint density at radius 2 is 2.29 bits per heavy atom. The minimum Gasteiger partial charge on any atom is -0.393 e. The number of nitrogens with zero attached hydrogens (tertiary/aromatic N) is 1. The minimum atomic E-state index is -0.266. The summed E-state index contributed by atoms with van der Waals surface area (Å²) in [4.78, 5) is 13.3. The smallest absolute Gasteiger partial charge is 0.233 e. The molecule has 1 saturated heterocycles. The summed E-state index contributed by atoms with van der Waals surface area (Å²) < 4.78 is 0. The molecule has 1 rings (SSSR count). The molecule has 1 N–H and O–H groups in total. The van der Waals surface area contributed by atoms with Gasteiger partial charge in [0.25, 0.3) is 0 Å². The van der Waals surface area contributed by atoms with Crippen LogP contribution in [0, 0.1) is 5.41 Å². The van der Waals surface area contributed by atoms with E-state index in [0.29, 0.717) is 18.3 Å². The minimum absolute atomic E-state index is 0.0216. The molecule has 0 radical (unpaired) electrons. The van der Waals surface area contributed by atoms with E-state index in [1.165, 1.54) is 0 Å². The van der Waals surface area contributed by atoms with Crippen molar-refractivity contribution in [1.82, 2.24) is 4.90 Å². The van der Waals surface area contributed by atoms with Crippen molar-refractivity contribution in [2.24, 2.45) is 5.41 Å². The van der Waals surface area contributed by atoms with Crippen molar-refractivity contribution in [1.29, 1.82) is 0 Å². The molecule has 1 amide bonds. The first kappa shape index (κ1) is 12.0. The Morgan fingerprint density at radius 3 is 2.86 bits per heavy atom. The fourth-order valence-electron chi connectivity index (χ4n) is 2.00. The number of carbonyl (C=O) groups excluding carboxylic acids is 1. The number of aliphatic hydroxyl groups excluding tert-OH is 1. The molecular weight excluding hydrogens is 246 g/mol. The highest BCUT2D eigenvalue weighted by Crippen LogP contribution is 2.28. The molecule has 1 aliphatic rings. The summed E-state index contributed by atoms with van der Waals surface area (Å²) in [5.74, 6) is 0.118. The molecule has 0 bridgehead atoms. The van der Waals surface area contributed by atoms with Crippen LogP contribution < -0.4 is 0 Å². The van der Waals surface area contributed by atoms with Gasteiger partial charge in [0.05, 0.1) is 11.4 Å². The van der Waals surface area contributed by atoms with Gasteiger partial charge in [-0.1, -0.05) is 29.8 Å². The van der Waals surface area contributed by atoms with Crippen LogP contribution in [0.25, 0.3) is 0 Å². The van der Waals surface area contributed by atoms with Crippen LogP contribution in [0.15, 0.2) is 0 Å². The van der Waals surface area contributed by atoms with E-state index in [2.05, 4.69) is 29.8 Å². The molecule has 0 spiro atoms. The Hall–Kier alpha value is -0.0900. The Morgan fingerprint density at radius 1 is 1.64 bits per heavy atom. The van der Waals surface area contributed by atoms with E-state index < -0.39 is 0 Å². The molecule has 14 heavy (non-hydrogen) atoms. The number of aliphatic hydroxyl groups is 1. The summed E-state index contributed by atoms with van der Waals surface area (Å²) in [6, 6.07) is 0. The highest BCUT2D eigenvalue weighted by atomic mass is 79.9. The van der Waals surface area contributed by atoms with Crippen LogP contribution in [-0.2, 0) is 4.79 Å². The number of hydrogen-bond acceptors (Lipinski definition) is 2. The number of likely N-dealkylation sites (tertiary alicyclic amines) is 1. The standard InChI is InChI=1S/C10H18BrNO2/c1-10(2)5-8(13)3-4-12(7-10)9(14)6-11/h8,13H,3-7H2,1-2H3. The normalized spacial score (nSPS) is 27.1. The zero-order valence-electron chi connectivity index (χ0n) is 8.79. The summed E-state index contributed by atoms with van der Waals surface area (Å²) in [5, 5.41) is 10.0. The molecule has 1 fully saturated rings. The Labute approximate surface area is 93.6 Å². The van der Waals surface area contributed by atoms with Crippen LogP contribution in [-0.4, -0.2) is 40.4 Å². The third kappa shape index (κ3) is 3.24. The van der Waals surface area contributed by atoms with Crippen LogP contribution in [0.1, 0.15) is 26.7 Å². The first-order chi connectivity index (χ1) is 6.44. The van der Waals surface area contributed by atoms with E-state index >= 15 is 0 Å². The maximum Gasteiger partial charge on any atom is 0.233 e. The van der Waals surface area contributed by atoms with Crippen LogP contribution in [0.3, 0.4) is 0 Å². The predicted octanol–water partition coefficient (Wildman–Crippen LogP) is 1.39. The van der Waals surface area contributed by atoms with Crippen molar-refractivity contribution in [2.45, 2.75) is 32.8 Å². The Kier molecular flexibility index (Phi) is 3.95. The average molecular weight is 264 g/mol. The van der Waals surface area contributed by atoms with Gasteiger partial charge >= 0.3 is 0 Å². The van der Waals surface area contributed by atoms with E-state index in [1.54, 1.807) is 0 Å². The second kappa shape index (κ2) is 4.62. The van der Waals surface area contributed by atoms with Crippen LogP contribution in [0.5, 0.6) is 0 Å². The number of alkyl halides is 1. The molecule has 0 aromatic heterocycles. The molecule has 1 heterocycles. The summed E-state index contributed by atoms with van der Waals surface area (Å²) in [6.07, 6.45) is 1.21. The first-order valence-corrected chi connectivity index (χ1v) is 6.08. The highest BCUT2D eigenvalue weighted by molar-refractivity contribution is 9.09. The van der Waals surface area contributed by atoms with Crippen molar-refractivity contribution >= 4 is 21.8 Å². The summed E-state index contributed by atoms with van der Waals surface area (Å²) >= 11 is 3.17. The lowest BCUT2D eigenvalue weighted by Gasteiger charge is -2.29. The van der Waals surface area contributed by atoms with Crippen molar-refractivity contribution in [3.05, 3.63) is 0 Å². The van der Waals surface area contributed by atoms with Gasteiger partial charge < -0.3 is 10.0 Å². The molecular formula is C10H18BrNO2. The number of rotatable bonds is 1. The Bertz CT molecular complexity index is 218. The van der Waals surface area contributed by atoms with Crippen molar-refractivity contribution in [3.63, 3.8) is 0 Å². The maximum absolute atomic E-state index is 11.5. The van der Waals surface area contributed by atoms with Crippen LogP contribution in [0.2, 0.25) is 0 Å². The zero-order chi connectivity index (χ0) is 10.8. The molecule has 1 aliphatic heterocycles. The molecule has 0 aromatic rings. The second-order valence-electron chi connectivity index (χ2n) is 4.76. The number of amides is 1. The number of carbonyl (C=O) groups is 1. The summed E-state index contributed by atoms with van der Waals surface area (Å²) in [5.41, 5.74) is 0.0216. The molecule has 4 heteroatoms. The third-order valence-electron chi connectivity index (χ3n) is 2.61. The van der Waals surface area contributed by atoms with Gasteiger partial charge in [-0.25, -0.2) is 0 Å². The van der Waals surface area contributed by atoms with Crippen molar-refractivity contribution in [2.75, 3.05) is 18.4 Å². The topological polar surface area (TPSA) is 40.5 Å². The molecule has 0 aromatic carbocycles. The van der Waals surface area contributed by atoms with E-state index in [4.69, 9.17) is 0 Å². The molecule has 0 aliphatic carbocycles. The highest BCUT2D eigenvalue weighted by Gasteiger charge is 2.30. The van der Waals surface area contributed by atoms with Gasteiger partial charge in [-0.05, 0) is 18.3 Å². The third-order valence-corrected chi connectivity index (χ3v) is 3.09. The van der Waals surface area contributed by atoms with Gasteiger partial charge in [0.2, 0.25) is 5.91 Å². The SMILES string of the molecule is CC1(C)CC(O)CCN(C(=O)CBr)C1. The van der Waals surface area contributed by atoms with E-state index in [9.17, 15) is 9.90 Å². The van der Waals surface area contributed by atoms with Gasteiger partial charge in [-0.3, -0.25) is 4.79 Å². The molecule has 0 saturated carbocycles. The van der Waals surface area contributed by atoms with Crippen molar-refractivity contribution in [3.8, 4) is 0 Å². The van der Waals surface area contributed by atoms with Gasteiger partial charge in [0.15, 0.2) is 0 Å². The fraction of sp³-hybridized carbons (Fsp3) is 0.900. The monoisotopic (exact) mass is 263 g/mol. The molecule has 1 unspecified atom stereocenters. The van der Waals surface area contributed by atoms with E-state index in [-0.39, 0.29) is 17.4 Å². The lowest BCUT2D eigenvalue weighted by Crippen LogP contribution is -2.38. The Balaban J connectivity index is 2.67. The van der Waals surface area contributed by atoms with Gasteiger partial charge in [0, 0.05) is 13.1 Å². The van der Waals surface area contributed by atoms with Gasteiger partial charge in [-0.2, -0.15) is 0 Å². The fourth-order valence-corrected chi connectivity index (χ4v) is 2.36. The lowest BCUT2D eigenvalue weighted by atomic mass is 9.87. The van der Waals surface area contributed by atoms with E-state index in [0.717, 1.165) is 13.0 Å². The maximum atomic E-state index is 11.5. The lowest BCUT2D eigenvalue weighted by molar-refractivity contribution is -0.129. The van der Waals surface area contributed by atoms with Gasteiger partial charge in [0.1, 0.15) is 0 Å². The first-order valence-electron chi connectivity index (χ1n) is 4.96. The quantitative estimate of drug-likeness (QED) is 0.727. The predicted molar refractivity (Wildman–Crippen MR) is 59.4 cm³/mol. The molecule has 82 valence electrons. The molecule has 1 atom stereocenters. The van der Waals surface area contributed by atoms with Crippen molar-refractivity contribution < 1.29 is 9.90 Å². The summed E-state index contributed by atoms with van der Waals surface area (Å²) in [6.45, 7) is 5.61. The van der Waals surface area contributed by atoms with Crippen LogP contribution in [0.4, 0.5) is 0 Å². The van der Waals surface area contributed by atoms with Gasteiger partial charge in [-0.15, -0.1) is 0 Å². The number of hydrogen-bond donors (Lipinski definition) is 1.